The van der Waals surface area contributed by atoms with Gasteiger partial charge in [0.1, 0.15) is 11.1 Å². The Bertz CT molecular complexity index is 1380. The third-order valence-electron chi connectivity index (χ3n) is 5.28. The Morgan fingerprint density at radius 3 is 2.47 bits per heavy atom. The molecule has 2 amide bonds. The first-order chi connectivity index (χ1) is 16.3. The van der Waals surface area contributed by atoms with E-state index in [1.165, 1.54) is 54.8 Å². The number of fused-ring (bicyclic) bond motifs is 1. The van der Waals surface area contributed by atoms with Gasteiger partial charge in [0.05, 0.1) is 24.1 Å². The quantitative estimate of drug-likeness (QED) is 0.553. The summed E-state index contributed by atoms with van der Waals surface area (Å²) in [6.45, 7) is 0.742. The Morgan fingerprint density at radius 2 is 1.82 bits per heavy atom. The van der Waals surface area contributed by atoms with Gasteiger partial charge in [-0.25, -0.2) is 13.2 Å². The summed E-state index contributed by atoms with van der Waals surface area (Å²) in [7, 11) is -2.42. The highest BCUT2D eigenvalue weighted by molar-refractivity contribution is 7.92. The minimum Gasteiger partial charge on any atom is -0.453 e. The number of nitriles is 1. The lowest BCUT2D eigenvalue weighted by molar-refractivity contribution is 0.102. The molecule has 0 fully saturated rings. The highest BCUT2D eigenvalue weighted by Crippen LogP contribution is 2.37. The Balaban J connectivity index is 1.48. The van der Waals surface area contributed by atoms with Gasteiger partial charge in [-0.1, -0.05) is 18.2 Å². The highest BCUT2D eigenvalue weighted by atomic mass is 32.2. The van der Waals surface area contributed by atoms with Gasteiger partial charge >= 0.3 is 6.09 Å². The lowest BCUT2D eigenvalue weighted by Crippen LogP contribution is -2.35. The Morgan fingerprint density at radius 1 is 1.12 bits per heavy atom. The van der Waals surface area contributed by atoms with Crippen molar-refractivity contribution < 1.29 is 22.7 Å². The van der Waals surface area contributed by atoms with Crippen molar-refractivity contribution >= 4 is 44.0 Å². The molecule has 2 N–H and O–H groups in total. The molecule has 0 saturated heterocycles. The average molecular weight is 497 g/mol. The van der Waals surface area contributed by atoms with Crippen LogP contribution in [0, 0.1) is 11.3 Å². The zero-order valence-electron chi connectivity index (χ0n) is 18.1. The molecule has 1 aliphatic rings. The predicted octanol–water partition coefficient (Wildman–Crippen LogP) is 3.80. The molecular formula is C23H20N4O5S2. The Kier molecular flexibility index (Phi) is 6.54. The van der Waals surface area contributed by atoms with E-state index in [-0.39, 0.29) is 4.90 Å². The number of benzene rings is 2. The molecule has 0 aliphatic carbocycles. The molecule has 0 unspecified atom stereocenters. The van der Waals surface area contributed by atoms with Gasteiger partial charge in [-0.15, -0.1) is 11.3 Å². The van der Waals surface area contributed by atoms with E-state index in [4.69, 9.17) is 4.74 Å². The highest BCUT2D eigenvalue weighted by Gasteiger charge is 2.28. The second kappa shape index (κ2) is 9.54. The predicted molar refractivity (Wildman–Crippen MR) is 127 cm³/mol. The topological polar surface area (TPSA) is 129 Å². The summed E-state index contributed by atoms with van der Waals surface area (Å²) in [5.41, 5.74) is 1.83. The van der Waals surface area contributed by atoms with Crippen LogP contribution in [0.25, 0.3) is 0 Å². The molecule has 2 aromatic carbocycles. The number of nitrogens with zero attached hydrogens (tertiary/aromatic N) is 2. The Hall–Kier alpha value is -3.88. The molecule has 0 spiro atoms. The molecule has 1 aromatic heterocycles. The SMILES string of the molecule is COC(=O)N1CCc2c(sc(NC(=O)c3ccc(NS(=O)(=O)c4ccccc4)cc3)c2C#N)C1. The van der Waals surface area contributed by atoms with Crippen LogP contribution in [0.3, 0.4) is 0 Å². The molecule has 4 rings (SSSR count). The van der Waals surface area contributed by atoms with Crippen molar-refractivity contribution in [1.82, 2.24) is 4.90 Å². The third-order valence-corrected chi connectivity index (χ3v) is 7.81. The molecular weight excluding hydrogens is 476 g/mol. The number of ether oxygens (including phenoxy) is 1. The molecule has 0 bridgehead atoms. The number of carbonyl (C=O) groups excluding carboxylic acids is 2. The van der Waals surface area contributed by atoms with Crippen LogP contribution in [0.5, 0.6) is 0 Å². The number of thiophene rings is 1. The van der Waals surface area contributed by atoms with E-state index in [1.807, 2.05) is 0 Å². The number of anilines is 2. The van der Waals surface area contributed by atoms with Crippen molar-refractivity contribution in [3.05, 3.63) is 76.2 Å². The summed E-state index contributed by atoms with van der Waals surface area (Å²) in [6.07, 6.45) is 0.0572. The van der Waals surface area contributed by atoms with Crippen LogP contribution in [0.1, 0.15) is 26.4 Å². The van der Waals surface area contributed by atoms with Crippen LogP contribution in [0.4, 0.5) is 15.5 Å². The zero-order chi connectivity index (χ0) is 24.3. The van der Waals surface area contributed by atoms with Crippen molar-refractivity contribution in [3.63, 3.8) is 0 Å². The van der Waals surface area contributed by atoms with Crippen molar-refractivity contribution in [1.29, 1.82) is 5.26 Å². The van der Waals surface area contributed by atoms with E-state index in [9.17, 15) is 23.3 Å². The number of methoxy groups -OCH3 is 1. The number of amides is 2. The van der Waals surface area contributed by atoms with E-state index >= 15 is 0 Å². The molecule has 11 heteroatoms. The molecule has 2 heterocycles. The normalized spacial score (nSPS) is 12.9. The smallest absolute Gasteiger partial charge is 0.409 e. The molecule has 1 aliphatic heterocycles. The minimum atomic E-state index is -3.74. The molecule has 34 heavy (non-hydrogen) atoms. The fourth-order valence-corrected chi connectivity index (χ4v) is 5.86. The lowest BCUT2D eigenvalue weighted by Gasteiger charge is -2.25. The van der Waals surface area contributed by atoms with Crippen LogP contribution in [-0.4, -0.2) is 39.0 Å². The van der Waals surface area contributed by atoms with Crippen LogP contribution in [0.2, 0.25) is 0 Å². The van der Waals surface area contributed by atoms with Gasteiger partial charge in [-0.2, -0.15) is 5.26 Å². The molecule has 9 nitrogen and oxygen atoms in total. The van der Waals surface area contributed by atoms with E-state index in [0.717, 1.165) is 10.4 Å². The summed E-state index contributed by atoms with van der Waals surface area (Å²) < 4.78 is 32.2. The summed E-state index contributed by atoms with van der Waals surface area (Å²) in [5.74, 6) is -0.433. The minimum absolute atomic E-state index is 0.133. The molecule has 0 atom stereocenters. The molecule has 0 radical (unpaired) electrons. The largest absolute Gasteiger partial charge is 0.453 e. The maximum Gasteiger partial charge on any atom is 0.409 e. The number of nitrogens with one attached hydrogen (secondary N) is 2. The lowest BCUT2D eigenvalue weighted by atomic mass is 10.0. The maximum atomic E-state index is 12.8. The maximum absolute atomic E-state index is 12.8. The van der Waals surface area contributed by atoms with Gasteiger partial charge in [0.2, 0.25) is 0 Å². The van der Waals surface area contributed by atoms with E-state index in [2.05, 4.69) is 16.1 Å². The van der Waals surface area contributed by atoms with Crippen molar-refractivity contribution in [3.8, 4) is 6.07 Å². The second-order valence-electron chi connectivity index (χ2n) is 7.41. The molecule has 3 aromatic rings. The Labute approximate surface area is 200 Å². The number of hydrogen-bond donors (Lipinski definition) is 2. The number of carbonyl (C=O) groups is 2. The van der Waals surface area contributed by atoms with Crippen LogP contribution >= 0.6 is 11.3 Å². The fourth-order valence-electron chi connectivity index (χ4n) is 3.57. The van der Waals surface area contributed by atoms with Gasteiger partial charge in [0.15, 0.2) is 0 Å². The zero-order valence-corrected chi connectivity index (χ0v) is 19.7. The van der Waals surface area contributed by atoms with Gasteiger partial charge in [-0.3, -0.25) is 9.52 Å². The summed E-state index contributed by atoms with van der Waals surface area (Å²) >= 11 is 1.25. The number of hydrogen-bond acceptors (Lipinski definition) is 7. The van der Waals surface area contributed by atoms with E-state index < -0.39 is 22.0 Å². The molecule has 174 valence electrons. The first-order valence-corrected chi connectivity index (χ1v) is 12.5. The standard InChI is InChI=1S/C23H20N4O5S2/c1-32-23(29)27-12-11-18-19(13-24)22(33-20(18)14-27)25-21(28)15-7-9-16(10-8-15)26-34(30,31)17-5-3-2-4-6-17/h2-10,26H,11-12,14H2,1H3,(H,25,28). The first-order valence-electron chi connectivity index (χ1n) is 10.2. The number of rotatable bonds is 5. The van der Waals surface area contributed by atoms with Gasteiger partial charge < -0.3 is 15.0 Å². The van der Waals surface area contributed by atoms with Crippen LogP contribution in [-0.2, 0) is 27.7 Å². The summed E-state index contributed by atoms with van der Waals surface area (Å²) in [6, 6.07) is 16.1. The number of sulfonamides is 1. The van der Waals surface area contributed by atoms with Crippen molar-refractivity contribution in [2.45, 2.75) is 17.9 Å². The first kappa shape index (κ1) is 23.3. The van der Waals surface area contributed by atoms with Crippen molar-refractivity contribution in [2.75, 3.05) is 23.7 Å². The second-order valence-corrected chi connectivity index (χ2v) is 10.2. The van der Waals surface area contributed by atoms with Crippen LogP contribution < -0.4 is 10.0 Å². The van der Waals surface area contributed by atoms with Gasteiger partial charge in [0, 0.05) is 22.7 Å². The monoisotopic (exact) mass is 496 g/mol. The summed E-state index contributed by atoms with van der Waals surface area (Å²) in [4.78, 5) is 27.1. The van der Waals surface area contributed by atoms with Crippen LogP contribution in [0.15, 0.2) is 59.5 Å². The van der Waals surface area contributed by atoms with Crippen molar-refractivity contribution in [2.24, 2.45) is 0 Å². The average Bonchev–Trinajstić information content (AvgIpc) is 3.20. The molecule has 0 saturated carbocycles. The summed E-state index contributed by atoms with van der Waals surface area (Å²) in [5, 5.41) is 12.8. The van der Waals surface area contributed by atoms with Gasteiger partial charge in [0.25, 0.3) is 15.9 Å². The fraction of sp³-hybridized carbons (Fsp3) is 0.174. The third kappa shape index (κ3) is 4.73. The van der Waals surface area contributed by atoms with Gasteiger partial charge in [-0.05, 0) is 48.4 Å². The van der Waals surface area contributed by atoms with E-state index in [1.54, 1.807) is 23.1 Å². The van der Waals surface area contributed by atoms with E-state index in [0.29, 0.717) is 41.3 Å².